The molecule has 5 aliphatic heterocycles. The third-order valence-corrected chi connectivity index (χ3v) is 11.4. The van der Waals surface area contributed by atoms with Gasteiger partial charge in [0, 0.05) is 7.31 Å². The van der Waals surface area contributed by atoms with E-state index in [1.807, 2.05) is 42.5 Å². The van der Waals surface area contributed by atoms with Gasteiger partial charge in [0.05, 0.1) is 13.2 Å². The largest absolute Gasteiger partial charge is 1.00 e. The third-order valence-electron chi connectivity index (χ3n) is 11.1. The molecule has 0 aliphatic carbocycles. The Morgan fingerprint density at radius 2 is 0.769 bits per heavy atom. The van der Waals surface area contributed by atoms with Crippen LogP contribution in [0, 0.1) is 0 Å². The second-order valence-corrected chi connectivity index (χ2v) is 16.2. The van der Waals surface area contributed by atoms with E-state index < -0.39 is 0 Å². The maximum absolute atomic E-state index is 6.11. The monoisotopic (exact) mass is 912 g/mol. The molecule has 5 aromatic carbocycles. The van der Waals surface area contributed by atoms with Gasteiger partial charge in [0.15, 0.2) is 57.5 Å². The maximum atomic E-state index is 6.11. The lowest BCUT2D eigenvalue weighted by Gasteiger charge is -2.14. The molecule has 0 radical (unpaired) electrons. The zero-order valence-corrected chi connectivity index (χ0v) is 38.9. The maximum Gasteiger partial charge on any atom is 0.231 e. The van der Waals surface area contributed by atoms with Crippen LogP contribution in [0.5, 0.6) is 57.5 Å². The Labute approximate surface area is 391 Å². The number of hydrogen-bond donors (Lipinski definition) is 0. The normalized spacial score (nSPS) is 13.6. The van der Waals surface area contributed by atoms with Crippen LogP contribution in [0.15, 0.2) is 85.5 Å². The fraction of sp³-hybridized carbons (Fsp3) is 0.396. The minimum absolute atomic E-state index is 0. The van der Waals surface area contributed by atoms with E-state index in [9.17, 15) is 0 Å². The van der Waals surface area contributed by atoms with Crippen LogP contribution in [0.4, 0.5) is 0 Å². The summed E-state index contributed by atoms with van der Waals surface area (Å²) in [6.45, 7) is 15.1. The predicted molar refractivity (Wildman–Crippen MR) is 254 cm³/mol. The van der Waals surface area contributed by atoms with Crippen molar-refractivity contribution in [1.29, 1.82) is 0 Å². The van der Waals surface area contributed by atoms with E-state index >= 15 is 0 Å². The van der Waals surface area contributed by atoms with Gasteiger partial charge in [0.25, 0.3) is 0 Å². The molecule has 0 saturated carbocycles. The molecule has 0 atom stereocenters. The van der Waals surface area contributed by atoms with Crippen molar-refractivity contribution in [2.24, 2.45) is 0 Å². The summed E-state index contributed by atoms with van der Waals surface area (Å²) in [6.07, 6.45) is 11.3. The highest BCUT2D eigenvalue weighted by molar-refractivity contribution is 6.17. The molecule has 0 aromatic heterocycles. The van der Waals surface area contributed by atoms with Crippen molar-refractivity contribution in [1.82, 2.24) is 0 Å². The molecular weight excluding hydrogens is 848 g/mol. The number of benzene rings is 5. The van der Waals surface area contributed by atoms with E-state index in [0.717, 1.165) is 114 Å². The summed E-state index contributed by atoms with van der Waals surface area (Å²) in [5.74, 6) is 8.93. The molecule has 65 heavy (non-hydrogen) atoms. The van der Waals surface area contributed by atoms with Gasteiger partial charge in [-0.1, -0.05) is 71.6 Å². The summed E-state index contributed by atoms with van der Waals surface area (Å²) in [5, 5.41) is 0. The van der Waals surface area contributed by atoms with Gasteiger partial charge in [-0.15, -0.1) is 18.2 Å². The summed E-state index contributed by atoms with van der Waals surface area (Å²) in [4.78, 5) is 0. The predicted octanol–water partition coefficient (Wildman–Crippen LogP) is 12.7. The van der Waals surface area contributed by atoms with E-state index in [-0.39, 0.29) is 2.85 Å². The van der Waals surface area contributed by atoms with Gasteiger partial charge in [0.2, 0.25) is 34.0 Å². The molecule has 0 spiro atoms. The quantitative estimate of drug-likeness (QED) is 0.0741. The number of rotatable bonds is 15. The first kappa shape index (κ1) is 47.1. The van der Waals surface area contributed by atoms with Gasteiger partial charge in [-0.25, -0.2) is 0 Å². The Kier molecular flexibility index (Phi) is 17.3. The molecule has 12 heteroatoms. The summed E-state index contributed by atoms with van der Waals surface area (Å²) < 4.78 is 59.7. The molecule has 10 rings (SSSR count). The van der Waals surface area contributed by atoms with Crippen molar-refractivity contribution in [2.45, 2.75) is 105 Å². The van der Waals surface area contributed by atoms with Crippen LogP contribution in [0.25, 0.3) is 0 Å². The van der Waals surface area contributed by atoms with E-state index in [1.165, 1.54) is 45.4 Å². The molecule has 0 N–H and O–H groups in total. The highest BCUT2D eigenvalue weighted by Crippen LogP contribution is 2.39. The van der Waals surface area contributed by atoms with Gasteiger partial charge in [-0.05, 0) is 137 Å². The first-order valence-electron chi connectivity index (χ1n) is 22.7. The van der Waals surface area contributed by atoms with Crippen LogP contribution >= 0.6 is 11.6 Å². The number of alkyl halides is 1. The Morgan fingerprint density at radius 3 is 1.15 bits per heavy atom. The standard InChI is InChI=1S/C22H26O5.C11H13ClO2.C10H12O2.C10H10O2.H2.H/c1-3-5-15-7-19-21(26-13-24-19)9-17(15)11-23-12-18-10-22-20(25-14-27-22)8-16(18)6-4-2;1-2-3-8-4-10-11(14-7-13-10)5-9(8)6-12;2*1-2-3-8-4-5-9-10(6-8)12-7-11-9;;/h7-10H,3-6,11-14H2,1-2H3;4-5H,2-3,6-7H2,1H3;4-6H,2-3,7H2,1H3;2,4-6H,1,3,7H2;1H;/q;;;;;-1/i;;;;;1+1. The number of aryl methyl sites for hydroxylation is 4. The zero-order valence-electron chi connectivity index (χ0n) is 39.1. The molecule has 0 fully saturated rings. The first-order valence-corrected chi connectivity index (χ1v) is 23.2. The first-order chi connectivity index (χ1) is 31.9. The van der Waals surface area contributed by atoms with Crippen molar-refractivity contribution in [3.8, 4) is 57.5 Å². The molecule has 5 aliphatic rings. The minimum atomic E-state index is 0. The van der Waals surface area contributed by atoms with Crippen LogP contribution in [0.1, 0.15) is 101 Å². The Morgan fingerprint density at radius 1 is 0.446 bits per heavy atom. The SMILES string of the molecule is C=CCc1ccc2c(c1)OCO2.CCCc1cc2c(cc1CCl)OCO2.CCCc1cc2c(cc1COCc1cc3c(cc1CCC)OCO3)OCO2.CCCc1ccc2c(c1)OCO2.[2H-].[HH]. The van der Waals surface area contributed by atoms with Crippen molar-refractivity contribution >= 4 is 11.6 Å². The molecular formula is C53H64ClO11-. The van der Waals surface area contributed by atoms with Gasteiger partial charge >= 0.3 is 0 Å². The number of fused-ring (bicyclic) bond motifs is 5. The van der Waals surface area contributed by atoms with Crippen molar-refractivity contribution in [2.75, 3.05) is 34.0 Å². The Balaban J connectivity index is 0.000000178. The summed E-state index contributed by atoms with van der Waals surface area (Å²) in [6, 6.07) is 24.4. The number of ether oxygens (including phenoxy) is 11. The van der Waals surface area contributed by atoms with E-state index in [1.54, 1.807) is 0 Å². The van der Waals surface area contributed by atoms with Crippen molar-refractivity contribution in [3.63, 3.8) is 0 Å². The van der Waals surface area contributed by atoms with Gasteiger partial charge in [-0.3, -0.25) is 0 Å². The smallest absolute Gasteiger partial charge is 0.231 e. The van der Waals surface area contributed by atoms with Crippen molar-refractivity contribution < 1.29 is 55.0 Å². The fourth-order valence-corrected chi connectivity index (χ4v) is 8.12. The minimum Gasteiger partial charge on any atom is -1.00 e. The van der Waals surface area contributed by atoms with E-state index in [4.69, 9.17) is 63.7 Å². The average molecular weight is 914 g/mol. The Bertz CT molecular complexity index is 2310. The summed E-state index contributed by atoms with van der Waals surface area (Å²) in [5.41, 5.74) is 9.81. The lowest BCUT2D eigenvalue weighted by atomic mass is 10.0. The highest BCUT2D eigenvalue weighted by Gasteiger charge is 2.20. The topological polar surface area (TPSA) is 102 Å². The molecule has 350 valence electrons. The molecule has 0 bridgehead atoms. The van der Waals surface area contributed by atoms with Crippen LogP contribution < -0.4 is 47.4 Å². The second-order valence-electron chi connectivity index (χ2n) is 15.9. The molecule has 5 aromatic rings. The third kappa shape index (κ3) is 12.5. The molecule has 0 amide bonds. The number of halogens is 1. The van der Waals surface area contributed by atoms with Gasteiger partial charge < -0.3 is 53.5 Å². The fourth-order valence-electron chi connectivity index (χ4n) is 7.87. The summed E-state index contributed by atoms with van der Waals surface area (Å²) in [7, 11) is 0. The van der Waals surface area contributed by atoms with Gasteiger partial charge in [-0.2, -0.15) is 0 Å². The van der Waals surface area contributed by atoms with Crippen molar-refractivity contribution in [3.05, 3.63) is 130 Å². The van der Waals surface area contributed by atoms with Crippen LogP contribution in [-0.4, -0.2) is 34.0 Å². The lowest BCUT2D eigenvalue weighted by Crippen LogP contribution is -2.02. The molecule has 0 unspecified atom stereocenters. The number of hydrogen-bond acceptors (Lipinski definition) is 11. The van der Waals surface area contributed by atoms with Crippen LogP contribution in [-0.2, 0) is 55.9 Å². The van der Waals surface area contributed by atoms with Gasteiger partial charge in [0.1, 0.15) is 0 Å². The zero-order chi connectivity index (χ0) is 45.4. The van der Waals surface area contributed by atoms with Crippen LogP contribution in [0.3, 0.4) is 0 Å². The second kappa shape index (κ2) is 23.9. The molecule has 11 nitrogen and oxygen atoms in total. The van der Waals surface area contributed by atoms with E-state index in [0.29, 0.717) is 53.1 Å². The van der Waals surface area contributed by atoms with Crippen LogP contribution in [0.2, 0.25) is 0 Å². The number of allylic oxidation sites excluding steroid dienone is 1. The molecule has 0 saturated heterocycles. The van der Waals surface area contributed by atoms with E-state index in [2.05, 4.69) is 70.7 Å². The average Bonchev–Trinajstić information content (AvgIpc) is 4.19. The molecule has 5 heterocycles. The highest BCUT2D eigenvalue weighted by atomic mass is 35.5. The Hall–Kier alpha value is -5.91. The summed E-state index contributed by atoms with van der Waals surface area (Å²) >= 11 is 5.87. The lowest BCUT2D eigenvalue weighted by molar-refractivity contribution is 0.105.